The van der Waals surface area contributed by atoms with Crippen LogP contribution in [0.3, 0.4) is 0 Å². The van der Waals surface area contributed by atoms with Gasteiger partial charge in [0.25, 0.3) is 0 Å². The summed E-state index contributed by atoms with van der Waals surface area (Å²) in [4.78, 5) is 13.4. The summed E-state index contributed by atoms with van der Waals surface area (Å²) in [6, 6.07) is 10.9. The van der Waals surface area contributed by atoms with Crippen LogP contribution in [0, 0.1) is 0 Å². The molecule has 3 heteroatoms. The molecule has 0 bridgehead atoms. The third-order valence-electron chi connectivity index (χ3n) is 7.24. The maximum atomic E-state index is 13.4. The highest BCUT2D eigenvalue weighted by Gasteiger charge is 2.49. The fourth-order valence-electron chi connectivity index (χ4n) is 5.75. The molecule has 2 saturated heterocycles. The van der Waals surface area contributed by atoms with E-state index in [4.69, 9.17) is 4.74 Å². The van der Waals surface area contributed by atoms with Gasteiger partial charge in [-0.3, -0.25) is 4.79 Å². The molecule has 1 aliphatic carbocycles. The molecule has 3 fully saturated rings. The molecule has 3 atom stereocenters. The first kappa shape index (κ1) is 17.1. The van der Waals surface area contributed by atoms with E-state index in [1.807, 2.05) is 6.07 Å². The lowest BCUT2D eigenvalue weighted by molar-refractivity contribution is -0.946. The van der Waals surface area contributed by atoms with Gasteiger partial charge in [0.15, 0.2) is 6.10 Å². The molecule has 0 spiro atoms. The van der Waals surface area contributed by atoms with Crippen molar-refractivity contribution < 1.29 is 14.0 Å². The molecule has 0 radical (unpaired) electrons. The first-order chi connectivity index (χ1) is 12.1. The van der Waals surface area contributed by atoms with E-state index in [-0.39, 0.29) is 12.1 Å². The molecule has 0 amide bonds. The van der Waals surface area contributed by atoms with Crippen molar-refractivity contribution in [1.82, 2.24) is 0 Å². The molecule has 136 valence electrons. The van der Waals surface area contributed by atoms with Crippen LogP contribution < -0.4 is 0 Å². The standard InChI is InChI=1S/C22H32NO2/c1-23-16-8-5-12-19(23)20(13-9-17-23)25-21(24)22(14-6-7-15-22)18-10-3-2-4-11-18/h2-4,10-11,19-20H,5-9,12-17H2,1H3/q+1/t19-,20+,23+/m0/s1. The van der Waals surface area contributed by atoms with Gasteiger partial charge in [-0.1, -0.05) is 43.2 Å². The second kappa shape index (κ2) is 6.75. The Morgan fingerprint density at radius 3 is 2.48 bits per heavy atom. The van der Waals surface area contributed by atoms with Gasteiger partial charge in [-0.25, -0.2) is 0 Å². The van der Waals surface area contributed by atoms with E-state index in [2.05, 4.69) is 31.3 Å². The summed E-state index contributed by atoms with van der Waals surface area (Å²) < 4.78 is 7.43. The van der Waals surface area contributed by atoms with Gasteiger partial charge in [0, 0.05) is 12.8 Å². The molecule has 4 rings (SSSR count). The molecule has 1 aromatic rings. The third-order valence-corrected chi connectivity index (χ3v) is 7.24. The number of rotatable bonds is 3. The van der Waals surface area contributed by atoms with Gasteiger partial charge in [-0.15, -0.1) is 0 Å². The van der Waals surface area contributed by atoms with Gasteiger partial charge in [0.2, 0.25) is 0 Å². The summed E-state index contributed by atoms with van der Waals surface area (Å²) in [7, 11) is 2.38. The number of ether oxygens (including phenoxy) is 1. The Hall–Kier alpha value is -1.35. The van der Waals surface area contributed by atoms with Crippen molar-refractivity contribution in [3.8, 4) is 0 Å². The van der Waals surface area contributed by atoms with E-state index in [0.29, 0.717) is 6.04 Å². The Morgan fingerprint density at radius 2 is 1.72 bits per heavy atom. The Bertz CT molecular complexity index is 604. The van der Waals surface area contributed by atoms with E-state index >= 15 is 0 Å². The number of carbonyl (C=O) groups is 1. The zero-order chi connectivity index (χ0) is 17.3. The van der Waals surface area contributed by atoms with Crippen molar-refractivity contribution in [3.63, 3.8) is 0 Å². The van der Waals surface area contributed by atoms with Crippen molar-refractivity contribution in [1.29, 1.82) is 0 Å². The predicted octanol–water partition coefficient (Wildman–Crippen LogP) is 4.20. The van der Waals surface area contributed by atoms with Crippen molar-refractivity contribution in [3.05, 3.63) is 35.9 Å². The first-order valence-electron chi connectivity index (χ1n) is 10.2. The average Bonchev–Trinajstić information content (AvgIpc) is 3.13. The molecule has 2 heterocycles. The smallest absolute Gasteiger partial charge is 0.317 e. The van der Waals surface area contributed by atoms with Gasteiger partial charge in [0.05, 0.1) is 25.6 Å². The number of piperidine rings is 2. The zero-order valence-electron chi connectivity index (χ0n) is 15.6. The van der Waals surface area contributed by atoms with Crippen LogP contribution in [0.5, 0.6) is 0 Å². The number of hydrogen-bond donors (Lipinski definition) is 0. The molecule has 0 unspecified atom stereocenters. The summed E-state index contributed by atoms with van der Waals surface area (Å²) in [5.41, 5.74) is 0.769. The molecule has 3 aliphatic rings. The Labute approximate surface area is 151 Å². The number of quaternary nitrogens is 1. The van der Waals surface area contributed by atoms with Crippen LogP contribution in [0.25, 0.3) is 0 Å². The molecule has 1 aromatic carbocycles. The minimum absolute atomic E-state index is 0.0558. The monoisotopic (exact) mass is 342 g/mol. The number of nitrogens with zero attached hydrogens (tertiary/aromatic N) is 1. The van der Waals surface area contributed by atoms with Crippen LogP contribution in [0.4, 0.5) is 0 Å². The fraction of sp³-hybridized carbons (Fsp3) is 0.682. The molecule has 25 heavy (non-hydrogen) atoms. The Morgan fingerprint density at radius 1 is 1.00 bits per heavy atom. The van der Waals surface area contributed by atoms with Crippen LogP contribution in [0.2, 0.25) is 0 Å². The van der Waals surface area contributed by atoms with Crippen molar-refractivity contribution >= 4 is 5.97 Å². The number of benzene rings is 1. The lowest BCUT2D eigenvalue weighted by Crippen LogP contribution is -2.63. The van der Waals surface area contributed by atoms with Gasteiger partial charge >= 0.3 is 5.97 Å². The molecule has 1 saturated carbocycles. The molecule has 3 nitrogen and oxygen atoms in total. The van der Waals surface area contributed by atoms with Gasteiger partial charge in [-0.2, -0.15) is 0 Å². The second-order valence-electron chi connectivity index (χ2n) is 8.73. The van der Waals surface area contributed by atoms with Crippen LogP contribution in [0.1, 0.15) is 63.4 Å². The van der Waals surface area contributed by atoms with E-state index in [1.54, 1.807) is 0 Å². The summed E-state index contributed by atoms with van der Waals surface area (Å²) in [5, 5.41) is 0. The Kier molecular flexibility index (Phi) is 4.61. The van der Waals surface area contributed by atoms with E-state index in [9.17, 15) is 4.79 Å². The maximum absolute atomic E-state index is 13.4. The van der Waals surface area contributed by atoms with E-state index < -0.39 is 5.41 Å². The second-order valence-corrected chi connectivity index (χ2v) is 8.73. The lowest BCUT2D eigenvalue weighted by Gasteiger charge is -2.50. The van der Waals surface area contributed by atoms with E-state index in [0.717, 1.165) is 42.2 Å². The minimum Gasteiger partial charge on any atom is -0.455 e. The van der Waals surface area contributed by atoms with Crippen molar-refractivity contribution in [2.24, 2.45) is 0 Å². The molecule has 0 aromatic heterocycles. The van der Waals surface area contributed by atoms with Crippen LogP contribution in [0.15, 0.2) is 30.3 Å². The highest BCUT2D eigenvalue weighted by Crippen LogP contribution is 2.43. The largest absolute Gasteiger partial charge is 0.455 e. The quantitative estimate of drug-likeness (QED) is 0.608. The number of hydrogen-bond acceptors (Lipinski definition) is 2. The highest BCUT2D eigenvalue weighted by atomic mass is 16.5. The lowest BCUT2D eigenvalue weighted by atomic mass is 9.78. The summed E-state index contributed by atoms with van der Waals surface area (Å²) in [5.74, 6) is 0.0558. The van der Waals surface area contributed by atoms with Crippen LogP contribution in [-0.4, -0.2) is 42.7 Å². The Balaban J connectivity index is 1.56. The first-order valence-corrected chi connectivity index (χ1v) is 10.2. The van der Waals surface area contributed by atoms with Gasteiger partial charge in [0.1, 0.15) is 6.04 Å². The van der Waals surface area contributed by atoms with Crippen molar-refractivity contribution in [2.45, 2.75) is 75.3 Å². The molecule has 0 N–H and O–H groups in total. The number of likely N-dealkylation sites (N-methyl/N-ethyl adjacent to an activating group) is 1. The maximum Gasteiger partial charge on any atom is 0.317 e. The average molecular weight is 343 g/mol. The fourth-order valence-corrected chi connectivity index (χ4v) is 5.75. The zero-order valence-corrected chi connectivity index (χ0v) is 15.6. The molecular formula is C22H32NO2+. The summed E-state index contributed by atoms with van der Waals surface area (Å²) >= 11 is 0. The predicted molar refractivity (Wildman–Crippen MR) is 99.3 cm³/mol. The van der Waals surface area contributed by atoms with Gasteiger partial charge < -0.3 is 9.22 Å². The van der Waals surface area contributed by atoms with Crippen LogP contribution in [-0.2, 0) is 14.9 Å². The van der Waals surface area contributed by atoms with Crippen LogP contribution >= 0.6 is 0 Å². The SMILES string of the molecule is C[N@+]12CCCC[C@H]1[C@H](OC(=O)C1(c3ccccc3)CCCC1)CCC2. The summed E-state index contributed by atoms with van der Waals surface area (Å²) in [6.45, 7) is 2.51. The van der Waals surface area contributed by atoms with Gasteiger partial charge in [-0.05, 0) is 37.7 Å². The number of fused-ring (bicyclic) bond motifs is 1. The van der Waals surface area contributed by atoms with E-state index in [1.165, 1.54) is 38.8 Å². The number of carbonyl (C=O) groups excluding carboxylic acids is 1. The third kappa shape index (κ3) is 3.01. The molecule has 2 aliphatic heterocycles. The molecular weight excluding hydrogens is 310 g/mol. The number of esters is 1. The van der Waals surface area contributed by atoms with Crippen molar-refractivity contribution in [2.75, 3.05) is 20.1 Å². The highest BCUT2D eigenvalue weighted by molar-refractivity contribution is 5.83. The normalized spacial score (nSPS) is 34.3. The summed E-state index contributed by atoms with van der Waals surface area (Å²) in [6.07, 6.45) is 10.3. The topological polar surface area (TPSA) is 26.3 Å². The minimum atomic E-state index is -0.392.